The van der Waals surface area contributed by atoms with Gasteiger partial charge in [-0.3, -0.25) is 9.48 Å². The molecule has 3 aromatic rings. The number of alkyl halides is 3. The maximum Gasteiger partial charge on any atom is 0.416 e. The van der Waals surface area contributed by atoms with Crippen LogP contribution in [0.25, 0.3) is 10.6 Å². The minimum absolute atomic E-state index is 0.141. The molecule has 8 heteroatoms. The maximum absolute atomic E-state index is 12.5. The fraction of sp³-hybridized carbons (Fsp3) is 0.125. The zero-order valence-corrected chi connectivity index (χ0v) is 13.3. The molecule has 24 heavy (non-hydrogen) atoms. The third-order valence-corrected chi connectivity index (χ3v) is 4.26. The van der Waals surface area contributed by atoms with E-state index in [0.717, 1.165) is 34.8 Å². The molecule has 0 aliphatic carbocycles. The van der Waals surface area contributed by atoms with Crippen LogP contribution in [0.3, 0.4) is 0 Å². The van der Waals surface area contributed by atoms with Gasteiger partial charge in [-0.05, 0) is 35.7 Å². The van der Waals surface area contributed by atoms with Gasteiger partial charge in [-0.25, -0.2) is 0 Å². The molecule has 1 N–H and O–H groups in total. The number of anilines is 1. The second-order valence-corrected chi connectivity index (χ2v) is 5.99. The highest BCUT2D eigenvalue weighted by molar-refractivity contribution is 7.13. The SMILES string of the molecule is Cn1nc(-c2cccs2)cc1NC(=O)c1ccc(C(F)(F)F)cc1. The highest BCUT2D eigenvalue weighted by Gasteiger charge is 2.30. The molecule has 4 nitrogen and oxygen atoms in total. The van der Waals surface area contributed by atoms with Gasteiger partial charge in [0.25, 0.3) is 5.91 Å². The van der Waals surface area contributed by atoms with Crippen LogP contribution in [0.1, 0.15) is 15.9 Å². The molecule has 0 radical (unpaired) electrons. The summed E-state index contributed by atoms with van der Waals surface area (Å²) in [6.45, 7) is 0. The standard InChI is InChI=1S/C16H12F3N3OS/c1-22-14(9-12(21-22)13-3-2-8-24-13)20-15(23)10-4-6-11(7-5-10)16(17,18)19/h2-9H,1H3,(H,20,23). The monoisotopic (exact) mass is 351 g/mol. The van der Waals surface area contributed by atoms with Gasteiger partial charge in [0.2, 0.25) is 0 Å². The van der Waals surface area contributed by atoms with Crippen LogP contribution < -0.4 is 5.32 Å². The number of aromatic nitrogens is 2. The van der Waals surface area contributed by atoms with Crippen molar-refractivity contribution in [3.63, 3.8) is 0 Å². The van der Waals surface area contributed by atoms with E-state index in [4.69, 9.17) is 0 Å². The number of hydrogen-bond donors (Lipinski definition) is 1. The summed E-state index contributed by atoms with van der Waals surface area (Å²) in [5, 5.41) is 8.88. The van der Waals surface area contributed by atoms with Crippen molar-refractivity contribution >= 4 is 23.1 Å². The lowest BCUT2D eigenvalue weighted by atomic mass is 10.1. The molecule has 3 rings (SSSR count). The molecule has 124 valence electrons. The molecule has 0 fully saturated rings. The maximum atomic E-state index is 12.5. The number of carbonyl (C=O) groups excluding carboxylic acids is 1. The van der Waals surface area contributed by atoms with Crippen molar-refractivity contribution < 1.29 is 18.0 Å². The van der Waals surface area contributed by atoms with Crippen LogP contribution in [0.5, 0.6) is 0 Å². The average Bonchev–Trinajstić information content (AvgIpc) is 3.17. The molecule has 0 atom stereocenters. The van der Waals surface area contributed by atoms with E-state index in [1.165, 1.54) is 16.0 Å². The number of amides is 1. The highest BCUT2D eigenvalue weighted by Crippen LogP contribution is 2.29. The summed E-state index contributed by atoms with van der Waals surface area (Å²) < 4.78 is 39.2. The topological polar surface area (TPSA) is 46.9 Å². The molecule has 0 saturated carbocycles. The number of thiophene rings is 1. The van der Waals surface area contributed by atoms with E-state index in [-0.39, 0.29) is 5.56 Å². The Kier molecular flexibility index (Phi) is 4.15. The lowest BCUT2D eigenvalue weighted by molar-refractivity contribution is -0.137. The Morgan fingerprint density at radius 3 is 2.50 bits per heavy atom. The number of nitrogens with one attached hydrogen (secondary N) is 1. The number of halogens is 3. The Morgan fingerprint density at radius 2 is 1.92 bits per heavy atom. The first kappa shape index (κ1) is 16.3. The quantitative estimate of drug-likeness (QED) is 0.759. The summed E-state index contributed by atoms with van der Waals surface area (Å²) in [4.78, 5) is 13.2. The minimum atomic E-state index is -4.42. The van der Waals surface area contributed by atoms with Crippen LogP contribution >= 0.6 is 11.3 Å². The molecule has 0 aliphatic heterocycles. The third-order valence-electron chi connectivity index (χ3n) is 3.37. The molecule has 2 aromatic heterocycles. The fourth-order valence-corrected chi connectivity index (χ4v) is 2.81. The smallest absolute Gasteiger partial charge is 0.307 e. The average molecular weight is 351 g/mol. The van der Waals surface area contributed by atoms with Crippen molar-refractivity contribution in [2.45, 2.75) is 6.18 Å². The van der Waals surface area contributed by atoms with Crippen molar-refractivity contribution in [2.75, 3.05) is 5.32 Å². The Hall–Kier alpha value is -2.61. The van der Waals surface area contributed by atoms with E-state index < -0.39 is 17.6 Å². The van der Waals surface area contributed by atoms with Crippen LogP contribution in [-0.4, -0.2) is 15.7 Å². The van der Waals surface area contributed by atoms with Crippen molar-refractivity contribution in [3.05, 3.63) is 59.0 Å². The van der Waals surface area contributed by atoms with E-state index in [2.05, 4.69) is 10.4 Å². The van der Waals surface area contributed by atoms with E-state index >= 15 is 0 Å². The van der Waals surface area contributed by atoms with Crippen molar-refractivity contribution in [1.82, 2.24) is 9.78 Å². The predicted molar refractivity (Wildman–Crippen MR) is 85.9 cm³/mol. The highest BCUT2D eigenvalue weighted by atomic mass is 32.1. The van der Waals surface area contributed by atoms with Gasteiger partial charge in [0.05, 0.1) is 10.4 Å². The Labute approximate surface area is 139 Å². The first-order valence-electron chi connectivity index (χ1n) is 6.91. The van der Waals surface area contributed by atoms with Crippen LogP contribution in [0, 0.1) is 0 Å². The van der Waals surface area contributed by atoms with Crippen LogP contribution in [-0.2, 0) is 13.2 Å². The number of aryl methyl sites for hydroxylation is 1. The van der Waals surface area contributed by atoms with Gasteiger partial charge in [-0.15, -0.1) is 11.3 Å². The van der Waals surface area contributed by atoms with Gasteiger partial charge in [0.1, 0.15) is 11.5 Å². The van der Waals surface area contributed by atoms with Gasteiger partial charge < -0.3 is 5.32 Å². The van der Waals surface area contributed by atoms with E-state index in [1.807, 2.05) is 17.5 Å². The fourth-order valence-electron chi connectivity index (χ4n) is 2.13. The van der Waals surface area contributed by atoms with Gasteiger partial charge in [-0.1, -0.05) is 6.07 Å². The predicted octanol–water partition coefficient (Wildman–Crippen LogP) is 4.42. The van der Waals surface area contributed by atoms with Crippen molar-refractivity contribution in [3.8, 4) is 10.6 Å². The number of carbonyl (C=O) groups is 1. The van der Waals surface area contributed by atoms with Crippen molar-refractivity contribution in [2.24, 2.45) is 7.05 Å². The molecular formula is C16H12F3N3OS. The zero-order valence-electron chi connectivity index (χ0n) is 12.5. The number of hydrogen-bond acceptors (Lipinski definition) is 3. The van der Waals surface area contributed by atoms with E-state index in [1.54, 1.807) is 13.1 Å². The summed E-state index contributed by atoms with van der Waals surface area (Å²) in [6.07, 6.45) is -4.42. The molecule has 1 amide bonds. The molecular weight excluding hydrogens is 339 g/mol. The first-order chi connectivity index (χ1) is 11.3. The molecule has 0 bridgehead atoms. The minimum Gasteiger partial charge on any atom is -0.307 e. The van der Waals surface area contributed by atoms with E-state index in [9.17, 15) is 18.0 Å². The summed E-state index contributed by atoms with van der Waals surface area (Å²) in [5.74, 6) is -0.0345. The number of rotatable bonds is 3. The van der Waals surface area contributed by atoms with Crippen molar-refractivity contribution in [1.29, 1.82) is 0 Å². The molecule has 0 aliphatic rings. The summed E-state index contributed by atoms with van der Waals surface area (Å²) in [7, 11) is 1.68. The Balaban J connectivity index is 1.78. The van der Waals surface area contributed by atoms with Crippen LogP contribution in [0.2, 0.25) is 0 Å². The van der Waals surface area contributed by atoms with Crippen LogP contribution in [0.15, 0.2) is 47.8 Å². The molecule has 0 spiro atoms. The summed E-state index contributed by atoms with van der Waals surface area (Å²) >= 11 is 1.52. The Bertz CT molecular complexity index is 852. The largest absolute Gasteiger partial charge is 0.416 e. The summed E-state index contributed by atoms with van der Waals surface area (Å²) in [6, 6.07) is 9.59. The number of nitrogens with zero attached hydrogens (tertiary/aromatic N) is 2. The second kappa shape index (κ2) is 6.12. The normalized spacial score (nSPS) is 11.5. The molecule has 0 unspecified atom stereocenters. The number of benzene rings is 1. The van der Waals surface area contributed by atoms with Gasteiger partial charge >= 0.3 is 6.18 Å². The lowest BCUT2D eigenvalue weighted by Crippen LogP contribution is -2.15. The molecule has 1 aromatic carbocycles. The van der Waals surface area contributed by atoms with Crippen LogP contribution in [0.4, 0.5) is 19.0 Å². The second-order valence-electron chi connectivity index (χ2n) is 5.04. The Morgan fingerprint density at radius 1 is 1.21 bits per heavy atom. The van der Waals surface area contributed by atoms with E-state index in [0.29, 0.717) is 5.82 Å². The molecule has 0 saturated heterocycles. The zero-order chi connectivity index (χ0) is 17.3. The van der Waals surface area contributed by atoms with Gasteiger partial charge in [0, 0.05) is 18.7 Å². The molecule has 2 heterocycles. The third kappa shape index (κ3) is 3.33. The first-order valence-corrected chi connectivity index (χ1v) is 7.79. The van der Waals surface area contributed by atoms with Gasteiger partial charge in [0.15, 0.2) is 0 Å². The lowest BCUT2D eigenvalue weighted by Gasteiger charge is -2.08. The van der Waals surface area contributed by atoms with Gasteiger partial charge in [-0.2, -0.15) is 18.3 Å². The summed E-state index contributed by atoms with van der Waals surface area (Å²) in [5.41, 5.74) is 0.0663.